The van der Waals surface area contributed by atoms with E-state index in [0.717, 1.165) is 29.7 Å². The van der Waals surface area contributed by atoms with Crippen molar-refractivity contribution >= 4 is 46.9 Å². The number of aliphatic carboxylic acids is 2. The van der Waals surface area contributed by atoms with Gasteiger partial charge in [-0.15, -0.1) is 0 Å². The number of nitrogens with one attached hydrogen (secondary N) is 2. The van der Waals surface area contributed by atoms with Gasteiger partial charge in [-0.1, -0.05) is 24.6 Å². The molecule has 2 aromatic rings. The SMILES string of the molecule is C[C@@H](NC(=O)[C@@H](N)CCCCN)C(=O)Nc1ccc2c(c1)CN1C(=O)c3ccccc3C1=N2.O=C(O)C(F)(F)F.O=C(O)C(F)(F)F. The molecule has 2 aliphatic rings. The Morgan fingerprint density at radius 2 is 1.49 bits per heavy atom. The molecular formula is C28H30F6N6O7. The number of halogens is 6. The number of nitrogens with zero attached hydrogens (tertiary/aromatic N) is 2. The summed E-state index contributed by atoms with van der Waals surface area (Å²) in [4.78, 5) is 61.7. The van der Waals surface area contributed by atoms with Crippen LogP contribution >= 0.6 is 0 Å². The van der Waals surface area contributed by atoms with E-state index in [4.69, 9.17) is 31.3 Å². The van der Waals surface area contributed by atoms with E-state index in [2.05, 4.69) is 15.6 Å². The van der Waals surface area contributed by atoms with Gasteiger partial charge in [0.15, 0.2) is 0 Å². The highest BCUT2D eigenvalue weighted by molar-refractivity contribution is 6.24. The van der Waals surface area contributed by atoms with Gasteiger partial charge in [0, 0.05) is 11.3 Å². The number of amidine groups is 1. The first-order valence-corrected chi connectivity index (χ1v) is 13.6. The monoisotopic (exact) mass is 676 g/mol. The van der Waals surface area contributed by atoms with E-state index in [1.807, 2.05) is 24.3 Å². The number of carboxylic acid groups (broad SMARTS) is 2. The van der Waals surface area contributed by atoms with Crippen molar-refractivity contribution in [3.63, 3.8) is 0 Å². The number of carbonyl (C=O) groups is 5. The second-order valence-electron chi connectivity index (χ2n) is 9.93. The summed E-state index contributed by atoms with van der Waals surface area (Å²) in [5.74, 6) is -5.67. The maximum absolute atomic E-state index is 12.8. The molecule has 2 atom stereocenters. The van der Waals surface area contributed by atoms with Crippen molar-refractivity contribution in [1.29, 1.82) is 0 Å². The third-order valence-corrected chi connectivity index (χ3v) is 6.34. The summed E-state index contributed by atoms with van der Waals surface area (Å²) in [6.07, 6.45) is -8.09. The molecule has 256 valence electrons. The zero-order chi connectivity index (χ0) is 35.7. The van der Waals surface area contributed by atoms with Crippen LogP contribution in [0.1, 0.15) is 47.7 Å². The maximum Gasteiger partial charge on any atom is 0.490 e. The molecular weight excluding hydrogens is 646 g/mol. The van der Waals surface area contributed by atoms with Gasteiger partial charge in [0.25, 0.3) is 5.91 Å². The predicted molar refractivity (Wildman–Crippen MR) is 153 cm³/mol. The van der Waals surface area contributed by atoms with Gasteiger partial charge in [-0.25, -0.2) is 14.6 Å². The number of fused-ring (bicyclic) bond motifs is 4. The van der Waals surface area contributed by atoms with Crippen LogP contribution < -0.4 is 22.1 Å². The van der Waals surface area contributed by atoms with Crippen molar-refractivity contribution in [2.75, 3.05) is 11.9 Å². The Kier molecular flexibility index (Phi) is 13.0. The molecule has 0 saturated heterocycles. The van der Waals surface area contributed by atoms with Gasteiger partial charge in [-0.05, 0) is 56.1 Å². The van der Waals surface area contributed by atoms with Gasteiger partial charge >= 0.3 is 24.3 Å². The van der Waals surface area contributed by atoms with Crippen LogP contribution in [0.15, 0.2) is 47.5 Å². The lowest BCUT2D eigenvalue weighted by atomic mass is 10.1. The summed E-state index contributed by atoms with van der Waals surface area (Å²) in [6, 6.07) is 11.4. The lowest BCUT2D eigenvalue weighted by Gasteiger charge is -2.24. The van der Waals surface area contributed by atoms with Crippen LogP contribution in [-0.4, -0.2) is 81.6 Å². The molecule has 13 nitrogen and oxygen atoms in total. The van der Waals surface area contributed by atoms with E-state index >= 15 is 0 Å². The molecule has 0 bridgehead atoms. The molecule has 0 radical (unpaired) electrons. The van der Waals surface area contributed by atoms with E-state index in [1.54, 1.807) is 30.0 Å². The average molecular weight is 677 g/mol. The van der Waals surface area contributed by atoms with Crippen LogP contribution in [0, 0.1) is 0 Å². The van der Waals surface area contributed by atoms with Crippen LogP contribution in [0.25, 0.3) is 0 Å². The van der Waals surface area contributed by atoms with E-state index in [-0.39, 0.29) is 17.7 Å². The van der Waals surface area contributed by atoms with Gasteiger partial charge in [0.2, 0.25) is 11.8 Å². The summed E-state index contributed by atoms with van der Waals surface area (Å²) in [5.41, 5.74) is 15.0. The number of unbranched alkanes of at least 4 members (excludes halogenated alkanes) is 1. The zero-order valence-corrected chi connectivity index (χ0v) is 24.5. The summed E-state index contributed by atoms with van der Waals surface area (Å²) in [7, 11) is 0. The number of carbonyl (C=O) groups excluding carboxylic acids is 3. The molecule has 2 aromatic carbocycles. The molecule has 8 N–H and O–H groups in total. The molecule has 3 amide bonds. The van der Waals surface area contributed by atoms with E-state index in [0.29, 0.717) is 36.6 Å². The lowest BCUT2D eigenvalue weighted by Crippen LogP contribution is -2.48. The zero-order valence-electron chi connectivity index (χ0n) is 24.5. The number of hydrogen-bond donors (Lipinski definition) is 6. The van der Waals surface area contributed by atoms with Crippen molar-refractivity contribution in [2.24, 2.45) is 16.5 Å². The number of aliphatic imine (C=N–C) groups is 1. The normalized spacial score (nSPS) is 14.4. The second kappa shape index (κ2) is 16.0. The van der Waals surface area contributed by atoms with Crippen molar-refractivity contribution in [2.45, 2.75) is 57.2 Å². The first-order chi connectivity index (χ1) is 21.8. The number of benzene rings is 2. The molecule has 0 spiro atoms. The van der Waals surface area contributed by atoms with Gasteiger partial charge in [0.05, 0.1) is 23.8 Å². The Morgan fingerprint density at radius 3 is 2.02 bits per heavy atom. The lowest BCUT2D eigenvalue weighted by molar-refractivity contribution is -0.193. The standard InChI is InChI=1S/C24H28N6O3.2C2HF3O2/c1-14(27-23(32)19(26)8-4-5-11-25)22(31)28-16-9-10-20-15(12-16)13-30-21(29-20)17-6-2-3-7-18(17)24(30)33;2*3-2(4,5)1(6)7/h2-3,6-7,9-10,12,14,19H,4-5,8,11,13,25-26H2,1H3,(H,27,32)(H,28,31);2*(H,6,7)/t14-,19+;;/m1../s1. The van der Waals surface area contributed by atoms with Crippen LogP contribution in [-0.2, 0) is 25.7 Å². The Balaban J connectivity index is 0.000000459. The topological polar surface area (TPSA) is 218 Å². The number of rotatable bonds is 8. The number of amides is 3. The minimum absolute atomic E-state index is 0.0800. The molecule has 0 aliphatic carbocycles. The van der Waals surface area contributed by atoms with Gasteiger partial charge in [0.1, 0.15) is 11.9 Å². The quantitative estimate of drug-likeness (QED) is 0.179. The number of alkyl halides is 6. The van der Waals surface area contributed by atoms with E-state index < -0.39 is 36.4 Å². The Hall–Kier alpha value is -5.04. The van der Waals surface area contributed by atoms with E-state index in [9.17, 15) is 40.7 Å². The summed E-state index contributed by atoms with van der Waals surface area (Å²) in [5, 5.41) is 19.7. The third kappa shape index (κ3) is 10.8. The van der Waals surface area contributed by atoms with Gasteiger partial charge < -0.3 is 32.3 Å². The molecule has 0 fully saturated rings. The van der Waals surface area contributed by atoms with Crippen LogP contribution in [0.2, 0.25) is 0 Å². The van der Waals surface area contributed by atoms with E-state index in [1.165, 1.54) is 0 Å². The largest absolute Gasteiger partial charge is 0.490 e. The first kappa shape index (κ1) is 38.1. The molecule has 0 aromatic heterocycles. The maximum atomic E-state index is 12.8. The van der Waals surface area contributed by atoms with Crippen molar-refractivity contribution < 1.29 is 60.5 Å². The number of anilines is 1. The molecule has 0 unspecified atom stereocenters. The molecule has 2 aliphatic heterocycles. The summed E-state index contributed by atoms with van der Waals surface area (Å²) >= 11 is 0. The van der Waals surface area contributed by atoms with Crippen molar-refractivity contribution in [1.82, 2.24) is 10.2 Å². The van der Waals surface area contributed by atoms with Crippen LogP contribution in [0.5, 0.6) is 0 Å². The fourth-order valence-electron chi connectivity index (χ4n) is 3.98. The van der Waals surface area contributed by atoms with Gasteiger partial charge in [-0.3, -0.25) is 19.3 Å². The fraction of sp³-hybridized carbons (Fsp3) is 0.357. The Labute approximate surface area is 262 Å². The Bertz CT molecular complexity index is 1510. The summed E-state index contributed by atoms with van der Waals surface area (Å²) < 4.78 is 63.5. The average Bonchev–Trinajstić information content (AvgIpc) is 3.26. The fourth-order valence-corrected chi connectivity index (χ4v) is 3.98. The summed E-state index contributed by atoms with van der Waals surface area (Å²) in [6.45, 7) is 2.53. The molecule has 47 heavy (non-hydrogen) atoms. The van der Waals surface area contributed by atoms with Gasteiger partial charge in [-0.2, -0.15) is 26.3 Å². The highest BCUT2D eigenvalue weighted by Gasteiger charge is 2.39. The van der Waals surface area contributed by atoms with Crippen molar-refractivity contribution in [3.8, 4) is 0 Å². The smallest absolute Gasteiger partial charge is 0.475 e. The van der Waals surface area contributed by atoms with Crippen LogP contribution in [0.4, 0.5) is 37.7 Å². The predicted octanol–water partition coefficient (Wildman–Crippen LogP) is 2.90. The molecule has 0 saturated carbocycles. The molecule has 4 rings (SSSR count). The third-order valence-electron chi connectivity index (χ3n) is 6.34. The number of hydrogen-bond acceptors (Lipinski definition) is 8. The minimum Gasteiger partial charge on any atom is -0.475 e. The highest BCUT2D eigenvalue weighted by atomic mass is 19.4. The molecule has 2 heterocycles. The van der Waals surface area contributed by atoms with Crippen molar-refractivity contribution in [3.05, 3.63) is 59.2 Å². The molecule has 19 heteroatoms. The number of carboxylic acids is 2. The first-order valence-electron chi connectivity index (χ1n) is 13.6. The highest BCUT2D eigenvalue weighted by Crippen LogP contribution is 2.35. The Morgan fingerprint density at radius 1 is 0.936 bits per heavy atom. The van der Waals surface area contributed by atoms with Crippen LogP contribution in [0.3, 0.4) is 0 Å². The second-order valence-corrected chi connectivity index (χ2v) is 9.93. The number of nitrogens with two attached hydrogens (primary N) is 2. The minimum atomic E-state index is -5.08.